The van der Waals surface area contributed by atoms with E-state index in [0.29, 0.717) is 16.8 Å². The molecule has 28 heavy (non-hydrogen) atoms. The zero-order chi connectivity index (χ0) is 20.1. The summed E-state index contributed by atoms with van der Waals surface area (Å²) in [7, 11) is 0. The first-order valence-corrected chi connectivity index (χ1v) is 8.88. The largest absolute Gasteiger partial charge is 0.343 e. The third-order valence-corrected chi connectivity index (χ3v) is 4.38. The summed E-state index contributed by atoms with van der Waals surface area (Å²) in [5.41, 5.74) is 5.00. The molecule has 0 saturated heterocycles. The van der Waals surface area contributed by atoms with E-state index in [4.69, 9.17) is 6.42 Å². The highest BCUT2D eigenvalue weighted by atomic mass is 16.2. The summed E-state index contributed by atoms with van der Waals surface area (Å²) >= 11 is 0. The Morgan fingerprint density at radius 2 is 1.68 bits per heavy atom. The molecule has 3 rings (SSSR count). The maximum atomic E-state index is 12.3. The molecule has 140 valence electrons. The Morgan fingerprint density at radius 3 is 2.32 bits per heavy atom. The molecule has 0 aliphatic carbocycles. The Hall–Kier alpha value is -3.78. The molecule has 2 N–H and O–H groups in total. The third kappa shape index (κ3) is 4.30. The van der Waals surface area contributed by atoms with Crippen LogP contribution in [0.25, 0.3) is 5.69 Å². The average molecular weight is 371 g/mol. The van der Waals surface area contributed by atoms with Gasteiger partial charge in [-0.2, -0.15) is 0 Å². The predicted molar refractivity (Wildman–Crippen MR) is 111 cm³/mol. The molecule has 3 aromatic rings. The monoisotopic (exact) mass is 371 g/mol. The number of hydrogen-bond acceptors (Lipinski definition) is 2. The van der Waals surface area contributed by atoms with Gasteiger partial charge in [0.1, 0.15) is 0 Å². The van der Waals surface area contributed by atoms with Crippen LogP contribution in [0.3, 0.4) is 0 Å². The van der Waals surface area contributed by atoms with Gasteiger partial charge < -0.3 is 15.2 Å². The Balaban J connectivity index is 1.59. The van der Waals surface area contributed by atoms with Crippen molar-refractivity contribution in [3.8, 4) is 18.0 Å². The molecular formula is C23H21N3O2. The Kier molecular flexibility index (Phi) is 5.61. The van der Waals surface area contributed by atoms with E-state index in [1.807, 2.05) is 38.1 Å². The van der Waals surface area contributed by atoms with Crippen molar-refractivity contribution in [3.05, 3.63) is 83.2 Å². The summed E-state index contributed by atoms with van der Waals surface area (Å²) in [5.74, 6) is 1.88. The molecule has 0 aliphatic heterocycles. The molecule has 0 bridgehead atoms. The van der Waals surface area contributed by atoms with Crippen LogP contribution < -0.4 is 10.6 Å². The Bertz CT molecular complexity index is 1040. The summed E-state index contributed by atoms with van der Waals surface area (Å²) in [5, 5.41) is 5.34. The minimum Gasteiger partial charge on any atom is -0.343 e. The van der Waals surface area contributed by atoms with Crippen LogP contribution in [0.2, 0.25) is 0 Å². The normalized spacial score (nSPS) is 10.2. The number of terminal acetylenes is 1. The molecule has 2 aromatic carbocycles. The van der Waals surface area contributed by atoms with Crippen LogP contribution >= 0.6 is 0 Å². The van der Waals surface area contributed by atoms with E-state index in [1.54, 1.807) is 36.4 Å². The number of anilines is 1. The van der Waals surface area contributed by atoms with Gasteiger partial charge in [-0.05, 0) is 68.4 Å². The predicted octanol–water partition coefficient (Wildman–Crippen LogP) is 3.44. The van der Waals surface area contributed by atoms with Crippen LogP contribution in [-0.4, -0.2) is 22.9 Å². The van der Waals surface area contributed by atoms with Crippen molar-refractivity contribution in [1.82, 2.24) is 9.88 Å². The first-order valence-electron chi connectivity index (χ1n) is 8.88. The number of carbonyl (C=O) groups is 2. The molecule has 0 fully saturated rings. The van der Waals surface area contributed by atoms with E-state index in [1.165, 1.54) is 0 Å². The van der Waals surface area contributed by atoms with Crippen molar-refractivity contribution in [2.45, 2.75) is 13.8 Å². The van der Waals surface area contributed by atoms with Gasteiger partial charge in [-0.25, -0.2) is 0 Å². The lowest BCUT2D eigenvalue weighted by Gasteiger charge is -2.11. The van der Waals surface area contributed by atoms with Gasteiger partial charge in [0.15, 0.2) is 0 Å². The van der Waals surface area contributed by atoms with Gasteiger partial charge >= 0.3 is 0 Å². The molecule has 1 heterocycles. The van der Waals surface area contributed by atoms with Gasteiger partial charge in [0.2, 0.25) is 5.91 Å². The number of nitrogens with one attached hydrogen (secondary N) is 2. The van der Waals surface area contributed by atoms with Crippen LogP contribution in [-0.2, 0) is 4.79 Å². The number of rotatable bonds is 5. The van der Waals surface area contributed by atoms with Crippen molar-refractivity contribution in [2.75, 3.05) is 11.9 Å². The van der Waals surface area contributed by atoms with Gasteiger partial charge in [-0.1, -0.05) is 12.0 Å². The zero-order valence-electron chi connectivity index (χ0n) is 15.8. The average Bonchev–Trinajstić information content (AvgIpc) is 3.04. The second-order valence-electron chi connectivity index (χ2n) is 6.45. The molecule has 0 radical (unpaired) electrons. The fourth-order valence-corrected chi connectivity index (χ4v) is 2.99. The van der Waals surface area contributed by atoms with E-state index >= 15 is 0 Å². The highest BCUT2D eigenvalue weighted by molar-refractivity contribution is 5.99. The molecule has 0 saturated carbocycles. The summed E-state index contributed by atoms with van der Waals surface area (Å²) in [4.78, 5) is 24.4. The van der Waals surface area contributed by atoms with Crippen molar-refractivity contribution in [3.63, 3.8) is 0 Å². The molecule has 0 aliphatic rings. The maximum absolute atomic E-state index is 12.3. The number of amides is 2. The topological polar surface area (TPSA) is 63.1 Å². The summed E-state index contributed by atoms with van der Waals surface area (Å²) in [6.45, 7) is 3.94. The van der Waals surface area contributed by atoms with Crippen LogP contribution in [0.15, 0.2) is 60.7 Å². The van der Waals surface area contributed by atoms with Crippen LogP contribution in [0.1, 0.15) is 27.3 Å². The SMILES string of the molecule is C#Cc1cccc(NC(=O)CNC(=O)c2ccc(-n3c(C)ccc3C)cc2)c1. The van der Waals surface area contributed by atoms with E-state index in [2.05, 4.69) is 21.1 Å². The number of carbonyl (C=O) groups excluding carboxylic acids is 2. The van der Waals surface area contributed by atoms with E-state index in [-0.39, 0.29) is 18.4 Å². The van der Waals surface area contributed by atoms with E-state index in [9.17, 15) is 9.59 Å². The second-order valence-corrected chi connectivity index (χ2v) is 6.45. The van der Waals surface area contributed by atoms with Crippen LogP contribution in [0, 0.1) is 26.2 Å². The van der Waals surface area contributed by atoms with E-state index < -0.39 is 0 Å². The summed E-state index contributed by atoms with van der Waals surface area (Å²) < 4.78 is 2.11. The number of nitrogens with zero attached hydrogens (tertiary/aromatic N) is 1. The molecule has 0 atom stereocenters. The third-order valence-electron chi connectivity index (χ3n) is 4.38. The Labute approximate surface area is 164 Å². The lowest BCUT2D eigenvalue weighted by atomic mass is 10.2. The van der Waals surface area contributed by atoms with Gasteiger partial charge in [0.25, 0.3) is 5.91 Å². The smallest absolute Gasteiger partial charge is 0.251 e. The fraction of sp³-hybridized carbons (Fsp3) is 0.130. The molecule has 1 aromatic heterocycles. The molecule has 2 amide bonds. The second kappa shape index (κ2) is 8.28. The van der Waals surface area contributed by atoms with Crippen molar-refractivity contribution in [2.24, 2.45) is 0 Å². The fourth-order valence-electron chi connectivity index (χ4n) is 2.99. The van der Waals surface area contributed by atoms with Gasteiger partial charge in [-0.3, -0.25) is 9.59 Å². The first-order chi connectivity index (χ1) is 13.5. The lowest BCUT2D eigenvalue weighted by molar-refractivity contribution is -0.115. The van der Waals surface area contributed by atoms with Gasteiger partial charge in [0.05, 0.1) is 6.54 Å². The number of benzene rings is 2. The number of aromatic nitrogens is 1. The summed E-state index contributed by atoms with van der Waals surface area (Å²) in [6.07, 6.45) is 5.35. The van der Waals surface area contributed by atoms with Gasteiger partial charge in [-0.15, -0.1) is 6.42 Å². The minimum atomic E-state index is -0.322. The van der Waals surface area contributed by atoms with Gasteiger partial charge in [0, 0.05) is 33.9 Å². The minimum absolute atomic E-state index is 0.128. The summed E-state index contributed by atoms with van der Waals surface area (Å²) in [6, 6.07) is 18.4. The molecule has 0 unspecified atom stereocenters. The van der Waals surface area contributed by atoms with Crippen molar-refractivity contribution < 1.29 is 9.59 Å². The maximum Gasteiger partial charge on any atom is 0.251 e. The lowest BCUT2D eigenvalue weighted by Crippen LogP contribution is -2.32. The van der Waals surface area contributed by atoms with Crippen molar-refractivity contribution in [1.29, 1.82) is 0 Å². The number of hydrogen-bond donors (Lipinski definition) is 2. The molecule has 0 spiro atoms. The molecular weight excluding hydrogens is 350 g/mol. The highest BCUT2D eigenvalue weighted by Crippen LogP contribution is 2.17. The first kappa shape index (κ1) is 19.0. The zero-order valence-corrected chi connectivity index (χ0v) is 15.8. The number of aryl methyl sites for hydroxylation is 2. The van der Waals surface area contributed by atoms with Crippen LogP contribution in [0.5, 0.6) is 0 Å². The Morgan fingerprint density at radius 1 is 1.00 bits per heavy atom. The molecule has 5 heteroatoms. The standard InChI is InChI=1S/C23H21N3O2/c1-4-18-6-5-7-20(14-18)25-22(27)15-24-23(28)19-10-12-21(13-11-19)26-16(2)8-9-17(26)3/h1,5-14H,15H2,2-3H3,(H,24,28)(H,25,27). The van der Waals surface area contributed by atoms with Crippen LogP contribution in [0.4, 0.5) is 5.69 Å². The highest BCUT2D eigenvalue weighted by Gasteiger charge is 2.10. The quantitative estimate of drug-likeness (QED) is 0.675. The van der Waals surface area contributed by atoms with Crippen molar-refractivity contribution >= 4 is 17.5 Å². The van der Waals surface area contributed by atoms with E-state index in [0.717, 1.165) is 17.1 Å². The molecule has 5 nitrogen and oxygen atoms in total.